The molecule has 0 bridgehead atoms. The first-order valence-electron chi connectivity index (χ1n) is 10.3. The summed E-state index contributed by atoms with van der Waals surface area (Å²) in [7, 11) is 4.15. The number of ether oxygens (including phenoxy) is 1. The van der Waals surface area contributed by atoms with Crippen LogP contribution in [0, 0.1) is 0 Å². The van der Waals surface area contributed by atoms with Crippen molar-refractivity contribution in [2.45, 2.75) is 6.61 Å². The summed E-state index contributed by atoms with van der Waals surface area (Å²) in [6.45, 7) is 1.28. The minimum Gasteiger partial charge on any atom is -0.487 e. The van der Waals surface area contributed by atoms with Gasteiger partial charge < -0.3 is 9.64 Å². The molecule has 3 aromatic carbocycles. The standard InChI is InChI=1S/C27H25ClN2O/c1-30(2)18-23(17-20-7-12-24(28)13-8-20)21-10-15-26(16-11-21)31-19-25-14-9-22-5-3-4-6-27(22)29-25/h3-17H,18-19H2,1-2H3/b23-17-. The third-order valence-electron chi connectivity index (χ3n) is 4.97. The number of rotatable bonds is 7. The first-order valence-corrected chi connectivity index (χ1v) is 10.6. The summed E-state index contributed by atoms with van der Waals surface area (Å²) in [5.41, 5.74) is 5.43. The number of halogens is 1. The second kappa shape index (κ2) is 9.78. The van der Waals surface area contributed by atoms with E-state index in [-0.39, 0.29) is 0 Å². The maximum atomic E-state index is 6.02. The van der Waals surface area contributed by atoms with Crippen molar-refractivity contribution < 1.29 is 4.74 Å². The van der Waals surface area contributed by atoms with Crippen molar-refractivity contribution >= 4 is 34.2 Å². The van der Waals surface area contributed by atoms with Crippen molar-refractivity contribution in [3.63, 3.8) is 0 Å². The Balaban J connectivity index is 1.48. The van der Waals surface area contributed by atoms with E-state index >= 15 is 0 Å². The maximum absolute atomic E-state index is 6.02. The molecule has 4 aromatic rings. The van der Waals surface area contributed by atoms with E-state index in [4.69, 9.17) is 16.3 Å². The van der Waals surface area contributed by atoms with Crippen LogP contribution in [-0.4, -0.2) is 30.5 Å². The van der Waals surface area contributed by atoms with Crippen LogP contribution in [0.15, 0.2) is 84.9 Å². The zero-order valence-electron chi connectivity index (χ0n) is 17.8. The molecule has 3 nitrogen and oxygen atoms in total. The average molecular weight is 429 g/mol. The fourth-order valence-corrected chi connectivity index (χ4v) is 3.56. The molecule has 0 saturated heterocycles. The van der Waals surface area contributed by atoms with E-state index in [2.05, 4.69) is 54.3 Å². The minimum absolute atomic E-state index is 0.440. The summed E-state index contributed by atoms with van der Waals surface area (Å²) in [4.78, 5) is 6.84. The first kappa shape index (κ1) is 21.1. The van der Waals surface area contributed by atoms with E-state index in [9.17, 15) is 0 Å². The zero-order valence-corrected chi connectivity index (χ0v) is 18.5. The molecule has 0 N–H and O–H groups in total. The lowest BCUT2D eigenvalue weighted by molar-refractivity contribution is 0.302. The SMILES string of the molecule is CN(C)C/C(=C/c1ccc(Cl)cc1)c1ccc(OCc2ccc3ccccc3n2)cc1. The monoisotopic (exact) mass is 428 g/mol. The van der Waals surface area contributed by atoms with E-state index in [0.29, 0.717) is 6.61 Å². The highest BCUT2D eigenvalue weighted by Crippen LogP contribution is 2.23. The molecule has 0 unspecified atom stereocenters. The number of nitrogens with zero attached hydrogens (tertiary/aromatic N) is 2. The highest BCUT2D eigenvalue weighted by molar-refractivity contribution is 6.30. The highest BCUT2D eigenvalue weighted by atomic mass is 35.5. The fraction of sp³-hybridized carbons (Fsp3) is 0.148. The van der Waals surface area contributed by atoms with Gasteiger partial charge in [0.05, 0.1) is 11.2 Å². The second-order valence-electron chi connectivity index (χ2n) is 7.77. The zero-order chi connectivity index (χ0) is 21.6. The van der Waals surface area contributed by atoms with Crippen LogP contribution in [0.25, 0.3) is 22.6 Å². The van der Waals surface area contributed by atoms with Crippen LogP contribution in [0.5, 0.6) is 5.75 Å². The molecule has 4 heteroatoms. The summed E-state index contributed by atoms with van der Waals surface area (Å²) < 4.78 is 5.98. The molecule has 0 spiro atoms. The Bertz CT molecular complexity index is 1180. The maximum Gasteiger partial charge on any atom is 0.130 e. The van der Waals surface area contributed by atoms with E-state index in [1.54, 1.807) is 0 Å². The summed E-state index contributed by atoms with van der Waals surface area (Å²) in [5.74, 6) is 0.828. The van der Waals surface area contributed by atoms with Gasteiger partial charge in [0.25, 0.3) is 0 Å². The molecule has 4 rings (SSSR count). The lowest BCUT2D eigenvalue weighted by Crippen LogP contribution is -2.14. The van der Waals surface area contributed by atoms with Crippen LogP contribution < -0.4 is 4.74 Å². The molecule has 0 aliphatic carbocycles. The molecule has 0 fully saturated rings. The highest BCUT2D eigenvalue weighted by Gasteiger charge is 2.06. The first-order chi connectivity index (χ1) is 15.1. The van der Waals surface area contributed by atoms with Crippen molar-refractivity contribution in [3.8, 4) is 5.75 Å². The largest absolute Gasteiger partial charge is 0.487 e. The van der Waals surface area contributed by atoms with Gasteiger partial charge in [-0.05, 0) is 73.3 Å². The van der Waals surface area contributed by atoms with Gasteiger partial charge in [-0.15, -0.1) is 0 Å². The molecule has 0 radical (unpaired) electrons. The number of aromatic nitrogens is 1. The normalized spacial score (nSPS) is 11.8. The molecule has 0 aliphatic rings. The summed E-state index contributed by atoms with van der Waals surface area (Å²) in [6, 6.07) is 28.3. The van der Waals surface area contributed by atoms with Crippen LogP contribution in [-0.2, 0) is 6.61 Å². The number of fused-ring (bicyclic) bond motifs is 1. The predicted octanol–water partition coefficient (Wildman–Crippen LogP) is 6.57. The Labute approximate surface area is 188 Å². The summed E-state index contributed by atoms with van der Waals surface area (Å²) >= 11 is 6.02. The van der Waals surface area contributed by atoms with Crippen molar-refractivity contribution in [2.75, 3.05) is 20.6 Å². The van der Waals surface area contributed by atoms with Gasteiger partial charge in [-0.1, -0.05) is 60.1 Å². The number of hydrogen-bond acceptors (Lipinski definition) is 3. The number of likely N-dealkylation sites (N-methyl/N-ethyl adjacent to an activating group) is 1. The molecule has 0 aliphatic heterocycles. The molecule has 31 heavy (non-hydrogen) atoms. The topological polar surface area (TPSA) is 25.4 Å². The Morgan fingerprint density at radius 1 is 0.903 bits per heavy atom. The van der Waals surface area contributed by atoms with Crippen LogP contribution in [0.1, 0.15) is 16.8 Å². The van der Waals surface area contributed by atoms with Gasteiger partial charge >= 0.3 is 0 Å². The third-order valence-corrected chi connectivity index (χ3v) is 5.22. The Hall–Kier alpha value is -3.14. The number of hydrogen-bond donors (Lipinski definition) is 0. The lowest BCUT2D eigenvalue weighted by Gasteiger charge is -2.15. The summed E-state index contributed by atoms with van der Waals surface area (Å²) in [6.07, 6.45) is 2.20. The van der Waals surface area contributed by atoms with E-state index in [1.165, 1.54) is 11.1 Å². The number of pyridine rings is 1. The molecular formula is C27H25ClN2O. The van der Waals surface area contributed by atoms with Gasteiger partial charge in [0.1, 0.15) is 12.4 Å². The third kappa shape index (κ3) is 5.72. The summed E-state index contributed by atoms with van der Waals surface area (Å²) in [5, 5.41) is 1.88. The van der Waals surface area contributed by atoms with E-state index in [1.807, 2.05) is 60.7 Å². The van der Waals surface area contributed by atoms with Crippen molar-refractivity contribution in [1.29, 1.82) is 0 Å². The molecule has 0 amide bonds. The Morgan fingerprint density at radius 2 is 1.65 bits per heavy atom. The van der Waals surface area contributed by atoms with Crippen LogP contribution in [0.4, 0.5) is 0 Å². The predicted molar refractivity (Wildman–Crippen MR) is 130 cm³/mol. The van der Waals surface area contributed by atoms with Gasteiger partial charge in [0, 0.05) is 17.0 Å². The van der Waals surface area contributed by atoms with Gasteiger partial charge in [-0.3, -0.25) is 0 Å². The van der Waals surface area contributed by atoms with Crippen LogP contribution in [0.2, 0.25) is 5.02 Å². The number of benzene rings is 3. The molecule has 0 atom stereocenters. The van der Waals surface area contributed by atoms with Crippen molar-refractivity contribution in [3.05, 3.63) is 107 Å². The van der Waals surface area contributed by atoms with Gasteiger partial charge in [-0.2, -0.15) is 0 Å². The Kier molecular flexibility index (Phi) is 6.66. The molecule has 1 heterocycles. The smallest absolute Gasteiger partial charge is 0.130 e. The molecule has 156 valence electrons. The molecule has 1 aromatic heterocycles. The van der Waals surface area contributed by atoms with E-state index < -0.39 is 0 Å². The van der Waals surface area contributed by atoms with Gasteiger partial charge in [0.15, 0.2) is 0 Å². The van der Waals surface area contributed by atoms with E-state index in [0.717, 1.165) is 39.5 Å². The van der Waals surface area contributed by atoms with Crippen molar-refractivity contribution in [2.24, 2.45) is 0 Å². The molecular weight excluding hydrogens is 404 g/mol. The Morgan fingerprint density at radius 3 is 2.39 bits per heavy atom. The van der Waals surface area contributed by atoms with Crippen molar-refractivity contribution in [1.82, 2.24) is 9.88 Å². The molecule has 0 saturated carbocycles. The van der Waals surface area contributed by atoms with Gasteiger partial charge in [0.2, 0.25) is 0 Å². The minimum atomic E-state index is 0.440. The average Bonchev–Trinajstić information content (AvgIpc) is 2.78. The fourth-order valence-electron chi connectivity index (χ4n) is 3.43. The lowest BCUT2D eigenvalue weighted by atomic mass is 10.0. The van der Waals surface area contributed by atoms with Crippen LogP contribution >= 0.6 is 11.6 Å². The number of para-hydroxylation sites is 1. The second-order valence-corrected chi connectivity index (χ2v) is 8.20. The van der Waals surface area contributed by atoms with Crippen LogP contribution in [0.3, 0.4) is 0 Å². The quantitative estimate of drug-likeness (QED) is 0.311. The van der Waals surface area contributed by atoms with Gasteiger partial charge in [-0.25, -0.2) is 4.98 Å².